The van der Waals surface area contributed by atoms with E-state index in [4.69, 9.17) is 0 Å². The Hall–Kier alpha value is -2.45. The van der Waals surface area contributed by atoms with Gasteiger partial charge in [-0.1, -0.05) is 48.5 Å². The van der Waals surface area contributed by atoms with Gasteiger partial charge >= 0.3 is 0 Å². The highest BCUT2D eigenvalue weighted by Crippen LogP contribution is 2.31. The summed E-state index contributed by atoms with van der Waals surface area (Å²) in [5.74, 6) is 0. The van der Waals surface area contributed by atoms with E-state index in [0.717, 1.165) is 5.69 Å². The molecule has 2 heteroatoms. The van der Waals surface area contributed by atoms with E-state index in [2.05, 4.69) is 71.0 Å². The van der Waals surface area contributed by atoms with E-state index in [1.807, 2.05) is 12.3 Å². The van der Waals surface area contributed by atoms with Crippen molar-refractivity contribution in [1.82, 2.24) is 4.98 Å². The van der Waals surface area contributed by atoms with Gasteiger partial charge in [0.25, 0.3) is 0 Å². The Morgan fingerprint density at radius 1 is 0.714 bits per heavy atom. The Morgan fingerprint density at radius 2 is 1.52 bits per heavy atom. The molecule has 0 amide bonds. The van der Waals surface area contributed by atoms with Crippen LogP contribution in [0, 0.1) is 0 Å². The summed E-state index contributed by atoms with van der Waals surface area (Å²) < 4.78 is 1.28. The highest BCUT2D eigenvalue weighted by molar-refractivity contribution is 7.17. The van der Waals surface area contributed by atoms with Gasteiger partial charge in [-0.25, -0.2) is 0 Å². The molecule has 100 valence electrons. The van der Waals surface area contributed by atoms with Gasteiger partial charge in [-0.05, 0) is 34.7 Å². The van der Waals surface area contributed by atoms with Gasteiger partial charge in [-0.3, -0.25) is 4.98 Å². The second-order valence-electron chi connectivity index (χ2n) is 4.94. The first-order chi connectivity index (χ1) is 10.4. The van der Waals surface area contributed by atoms with Crippen LogP contribution in [0.25, 0.3) is 32.5 Å². The number of nitrogens with zero attached hydrogens (tertiary/aromatic N) is 1. The molecule has 2 heterocycles. The van der Waals surface area contributed by atoms with Crippen molar-refractivity contribution in [3.8, 4) is 22.4 Å². The van der Waals surface area contributed by atoms with E-state index in [1.165, 1.54) is 26.8 Å². The average molecular weight is 287 g/mol. The third-order valence-electron chi connectivity index (χ3n) is 3.62. The summed E-state index contributed by atoms with van der Waals surface area (Å²) in [5.41, 5.74) is 4.69. The predicted molar refractivity (Wildman–Crippen MR) is 90.5 cm³/mol. The van der Waals surface area contributed by atoms with Crippen LogP contribution in [0.15, 0.2) is 78.3 Å². The van der Waals surface area contributed by atoms with Crippen LogP contribution in [-0.2, 0) is 0 Å². The lowest BCUT2D eigenvalue weighted by molar-refractivity contribution is 1.36. The number of hydrogen-bond acceptors (Lipinski definition) is 2. The highest BCUT2D eigenvalue weighted by Gasteiger charge is 2.07. The third-order valence-corrected chi connectivity index (χ3v) is 4.51. The fourth-order valence-electron chi connectivity index (χ4n) is 2.60. The molecule has 0 N–H and O–H groups in total. The zero-order chi connectivity index (χ0) is 14.1. The standard InChI is InChI=1S/C19H13NS/c1-2-5-14(6-3-1)15-7-4-8-16(13-15)19-17-10-12-21-18(17)9-11-20-19/h1-13H. The molecular formula is C19H13NS. The smallest absolute Gasteiger partial charge is 0.0788 e. The Labute approximate surface area is 127 Å². The molecule has 4 rings (SSSR count). The molecule has 0 aliphatic carbocycles. The van der Waals surface area contributed by atoms with Gasteiger partial charge in [0.2, 0.25) is 0 Å². The monoisotopic (exact) mass is 287 g/mol. The maximum Gasteiger partial charge on any atom is 0.0788 e. The SMILES string of the molecule is c1ccc(-c2cccc(-c3nccc4sccc34)c2)cc1. The lowest BCUT2D eigenvalue weighted by Crippen LogP contribution is -1.85. The van der Waals surface area contributed by atoms with Crippen LogP contribution < -0.4 is 0 Å². The molecule has 0 unspecified atom stereocenters. The third kappa shape index (κ3) is 2.24. The van der Waals surface area contributed by atoms with Crippen LogP contribution in [0.2, 0.25) is 0 Å². The molecular weight excluding hydrogens is 274 g/mol. The Morgan fingerprint density at radius 3 is 2.43 bits per heavy atom. The van der Waals surface area contributed by atoms with Crippen molar-refractivity contribution >= 4 is 21.4 Å². The first-order valence-electron chi connectivity index (χ1n) is 6.90. The maximum atomic E-state index is 4.59. The zero-order valence-electron chi connectivity index (χ0n) is 11.4. The summed E-state index contributed by atoms with van der Waals surface area (Å²) in [5, 5.41) is 3.35. The summed E-state index contributed by atoms with van der Waals surface area (Å²) in [4.78, 5) is 4.59. The molecule has 0 atom stereocenters. The largest absolute Gasteiger partial charge is 0.256 e. The zero-order valence-corrected chi connectivity index (χ0v) is 12.2. The molecule has 0 aliphatic rings. The molecule has 0 spiro atoms. The quantitative estimate of drug-likeness (QED) is 0.465. The summed E-state index contributed by atoms with van der Waals surface area (Å²) >= 11 is 1.76. The number of thiophene rings is 1. The molecule has 0 fully saturated rings. The van der Waals surface area contributed by atoms with E-state index in [0.29, 0.717) is 0 Å². The molecule has 2 aromatic heterocycles. The Bertz CT molecular complexity index is 894. The molecule has 1 nitrogen and oxygen atoms in total. The van der Waals surface area contributed by atoms with Gasteiger partial charge in [0, 0.05) is 21.8 Å². The van der Waals surface area contributed by atoms with E-state index in [1.54, 1.807) is 11.3 Å². The van der Waals surface area contributed by atoms with Gasteiger partial charge in [0.1, 0.15) is 0 Å². The summed E-state index contributed by atoms with van der Waals surface area (Å²) in [6, 6.07) is 23.3. The normalized spacial score (nSPS) is 10.9. The maximum absolute atomic E-state index is 4.59. The van der Waals surface area contributed by atoms with Crippen molar-refractivity contribution in [3.05, 3.63) is 78.3 Å². The number of aromatic nitrogens is 1. The molecule has 4 aromatic rings. The van der Waals surface area contributed by atoms with Gasteiger partial charge in [-0.15, -0.1) is 11.3 Å². The fraction of sp³-hybridized carbons (Fsp3) is 0. The minimum absolute atomic E-state index is 1.06. The Balaban J connectivity index is 1.88. The van der Waals surface area contributed by atoms with Crippen LogP contribution in [0.4, 0.5) is 0 Å². The fourth-order valence-corrected chi connectivity index (χ4v) is 3.38. The van der Waals surface area contributed by atoms with Crippen LogP contribution in [-0.4, -0.2) is 4.98 Å². The van der Waals surface area contributed by atoms with Crippen LogP contribution in [0.5, 0.6) is 0 Å². The van der Waals surface area contributed by atoms with Crippen LogP contribution >= 0.6 is 11.3 Å². The molecule has 0 radical (unpaired) electrons. The number of hydrogen-bond donors (Lipinski definition) is 0. The first kappa shape index (κ1) is 12.3. The Kier molecular flexibility index (Phi) is 3.02. The van der Waals surface area contributed by atoms with E-state index < -0.39 is 0 Å². The lowest BCUT2D eigenvalue weighted by Gasteiger charge is -2.06. The summed E-state index contributed by atoms with van der Waals surface area (Å²) in [6.07, 6.45) is 1.89. The van der Waals surface area contributed by atoms with Crippen LogP contribution in [0.3, 0.4) is 0 Å². The molecule has 0 bridgehead atoms. The lowest BCUT2D eigenvalue weighted by atomic mass is 10.0. The molecule has 21 heavy (non-hydrogen) atoms. The second-order valence-corrected chi connectivity index (χ2v) is 5.89. The van der Waals surface area contributed by atoms with Crippen molar-refractivity contribution in [3.63, 3.8) is 0 Å². The molecule has 0 saturated heterocycles. The van der Waals surface area contributed by atoms with Crippen molar-refractivity contribution in [2.45, 2.75) is 0 Å². The van der Waals surface area contributed by atoms with Crippen molar-refractivity contribution in [1.29, 1.82) is 0 Å². The van der Waals surface area contributed by atoms with E-state index in [-0.39, 0.29) is 0 Å². The van der Waals surface area contributed by atoms with Gasteiger partial charge in [0.15, 0.2) is 0 Å². The van der Waals surface area contributed by atoms with E-state index in [9.17, 15) is 0 Å². The number of benzene rings is 2. The minimum Gasteiger partial charge on any atom is -0.256 e. The first-order valence-corrected chi connectivity index (χ1v) is 7.78. The number of fused-ring (bicyclic) bond motifs is 1. The highest BCUT2D eigenvalue weighted by atomic mass is 32.1. The summed E-state index contributed by atoms with van der Waals surface area (Å²) in [7, 11) is 0. The minimum atomic E-state index is 1.06. The molecule has 0 saturated carbocycles. The van der Waals surface area contributed by atoms with Gasteiger partial charge in [-0.2, -0.15) is 0 Å². The van der Waals surface area contributed by atoms with Gasteiger partial charge < -0.3 is 0 Å². The van der Waals surface area contributed by atoms with E-state index >= 15 is 0 Å². The second kappa shape index (κ2) is 5.15. The summed E-state index contributed by atoms with van der Waals surface area (Å²) in [6.45, 7) is 0. The van der Waals surface area contributed by atoms with Crippen molar-refractivity contribution in [2.24, 2.45) is 0 Å². The van der Waals surface area contributed by atoms with Crippen molar-refractivity contribution in [2.75, 3.05) is 0 Å². The molecule has 2 aromatic carbocycles. The topological polar surface area (TPSA) is 12.9 Å². The average Bonchev–Trinajstić information content (AvgIpc) is 3.04. The number of pyridine rings is 1. The predicted octanol–water partition coefficient (Wildman–Crippen LogP) is 5.63. The van der Waals surface area contributed by atoms with Gasteiger partial charge in [0.05, 0.1) is 5.69 Å². The van der Waals surface area contributed by atoms with Crippen molar-refractivity contribution < 1.29 is 0 Å². The van der Waals surface area contributed by atoms with Crippen LogP contribution in [0.1, 0.15) is 0 Å². The number of rotatable bonds is 2. The molecule has 0 aliphatic heterocycles.